The third kappa shape index (κ3) is 4.42. The number of para-hydroxylation sites is 1. The lowest BCUT2D eigenvalue weighted by Gasteiger charge is -2.27. The van der Waals surface area contributed by atoms with Gasteiger partial charge in [-0.25, -0.2) is 8.42 Å². The monoisotopic (exact) mass is 429 g/mol. The molecule has 0 radical (unpaired) electrons. The second-order valence-electron chi connectivity index (χ2n) is 6.79. The maximum absolute atomic E-state index is 13.1. The third-order valence-electron chi connectivity index (χ3n) is 4.85. The average molecular weight is 430 g/mol. The van der Waals surface area contributed by atoms with E-state index in [-0.39, 0.29) is 4.90 Å². The summed E-state index contributed by atoms with van der Waals surface area (Å²) in [4.78, 5) is 9.95. The zero-order valence-electron chi connectivity index (χ0n) is 15.7. The van der Waals surface area contributed by atoms with Crippen LogP contribution in [0.25, 0.3) is 10.9 Å². The van der Waals surface area contributed by atoms with Crippen LogP contribution in [0.4, 0.5) is 0 Å². The number of piperidine rings is 1. The molecule has 29 heavy (non-hydrogen) atoms. The molecule has 4 rings (SSSR count). The van der Waals surface area contributed by atoms with E-state index in [1.165, 1.54) is 4.31 Å². The zero-order chi connectivity index (χ0) is 20.3. The number of fused-ring (bicyclic) bond motifs is 1. The SMILES string of the molecule is O=S(=O)(c1cccc2cccnc12)N1CCC(=NOCc2ccc(Cl)cc2)CC1. The highest BCUT2D eigenvalue weighted by Crippen LogP contribution is 2.26. The van der Waals surface area contributed by atoms with Gasteiger partial charge in [0.15, 0.2) is 0 Å². The van der Waals surface area contributed by atoms with E-state index in [1.54, 1.807) is 36.5 Å². The van der Waals surface area contributed by atoms with Gasteiger partial charge >= 0.3 is 0 Å². The van der Waals surface area contributed by atoms with Crippen LogP contribution >= 0.6 is 11.6 Å². The molecule has 2 aromatic carbocycles. The Balaban J connectivity index is 1.41. The van der Waals surface area contributed by atoms with Crippen molar-refractivity contribution in [3.8, 4) is 0 Å². The third-order valence-corrected chi connectivity index (χ3v) is 7.03. The van der Waals surface area contributed by atoms with Crippen molar-refractivity contribution in [3.63, 3.8) is 0 Å². The summed E-state index contributed by atoms with van der Waals surface area (Å²) in [5.41, 5.74) is 2.34. The molecule has 0 amide bonds. The molecule has 1 aliphatic rings. The lowest BCUT2D eigenvalue weighted by atomic mass is 10.1. The smallest absolute Gasteiger partial charge is 0.245 e. The van der Waals surface area contributed by atoms with E-state index in [1.807, 2.05) is 24.3 Å². The molecule has 150 valence electrons. The second-order valence-corrected chi connectivity index (χ2v) is 9.14. The number of benzene rings is 2. The van der Waals surface area contributed by atoms with Gasteiger partial charge in [-0.05, 0) is 29.8 Å². The molecule has 0 atom stereocenters. The molecule has 0 spiro atoms. The first kappa shape index (κ1) is 19.8. The van der Waals surface area contributed by atoms with Crippen LogP contribution in [-0.2, 0) is 21.5 Å². The Labute approximate surface area is 174 Å². The predicted molar refractivity (Wildman–Crippen MR) is 113 cm³/mol. The first-order valence-corrected chi connectivity index (χ1v) is 11.1. The number of hydrogen-bond donors (Lipinski definition) is 0. The van der Waals surface area contributed by atoms with Crippen LogP contribution in [0.5, 0.6) is 0 Å². The Bertz CT molecular complexity index is 1130. The van der Waals surface area contributed by atoms with Gasteiger partial charge in [0, 0.05) is 42.5 Å². The van der Waals surface area contributed by atoms with Crippen LogP contribution in [0.1, 0.15) is 18.4 Å². The maximum Gasteiger partial charge on any atom is 0.245 e. The number of pyridine rings is 1. The van der Waals surface area contributed by atoms with Crippen molar-refractivity contribution in [2.45, 2.75) is 24.3 Å². The van der Waals surface area contributed by atoms with Gasteiger partial charge in [0.25, 0.3) is 0 Å². The summed E-state index contributed by atoms with van der Waals surface area (Å²) in [5.74, 6) is 0. The van der Waals surface area contributed by atoms with E-state index < -0.39 is 10.0 Å². The molecule has 1 fully saturated rings. The molecule has 0 N–H and O–H groups in total. The normalized spacial score (nSPS) is 15.4. The molecular weight excluding hydrogens is 410 g/mol. The Kier molecular flexibility index (Phi) is 5.80. The Hall–Kier alpha value is -2.48. The number of aromatic nitrogens is 1. The van der Waals surface area contributed by atoms with Crippen LogP contribution in [-0.4, -0.2) is 36.5 Å². The van der Waals surface area contributed by atoms with Crippen molar-refractivity contribution in [2.24, 2.45) is 5.16 Å². The van der Waals surface area contributed by atoms with Gasteiger partial charge in [0.1, 0.15) is 11.5 Å². The molecule has 0 aliphatic carbocycles. The van der Waals surface area contributed by atoms with Crippen LogP contribution in [0.3, 0.4) is 0 Å². The minimum Gasteiger partial charge on any atom is -0.391 e. The Morgan fingerprint density at radius 1 is 1.03 bits per heavy atom. The van der Waals surface area contributed by atoms with Crippen molar-refractivity contribution in [1.82, 2.24) is 9.29 Å². The van der Waals surface area contributed by atoms with Crippen molar-refractivity contribution in [3.05, 3.63) is 71.4 Å². The minimum atomic E-state index is -3.62. The van der Waals surface area contributed by atoms with Gasteiger partial charge in [-0.1, -0.05) is 47.1 Å². The number of nitrogens with zero attached hydrogens (tertiary/aromatic N) is 3. The van der Waals surface area contributed by atoms with Gasteiger partial charge in [0.2, 0.25) is 10.0 Å². The van der Waals surface area contributed by atoms with E-state index in [4.69, 9.17) is 16.4 Å². The van der Waals surface area contributed by atoms with Gasteiger partial charge in [0.05, 0.1) is 11.2 Å². The predicted octanol–water partition coefficient (Wildman–Crippen LogP) is 4.25. The van der Waals surface area contributed by atoms with E-state index in [0.717, 1.165) is 16.7 Å². The minimum absolute atomic E-state index is 0.245. The summed E-state index contributed by atoms with van der Waals surface area (Å²) in [6.07, 6.45) is 2.69. The summed E-state index contributed by atoms with van der Waals surface area (Å²) < 4.78 is 27.8. The molecule has 3 aromatic rings. The largest absolute Gasteiger partial charge is 0.391 e. The fraction of sp³-hybridized carbons (Fsp3) is 0.238. The summed E-state index contributed by atoms with van der Waals surface area (Å²) in [6, 6.07) is 16.3. The lowest BCUT2D eigenvalue weighted by molar-refractivity contribution is 0.128. The summed E-state index contributed by atoms with van der Waals surface area (Å²) >= 11 is 5.87. The molecule has 1 aromatic heterocycles. The molecule has 0 unspecified atom stereocenters. The molecule has 0 saturated carbocycles. The maximum atomic E-state index is 13.1. The topological polar surface area (TPSA) is 71.9 Å². The second kappa shape index (κ2) is 8.49. The van der Waals surface area contributed by atoms with Crippen LogP contribution in [0, 0.1) is 0 Å². The average Bonchev–Trinajstić information content (AvgIpc) is 2.75. The first-order chi connectivity index (χ1) is 14.0. The van der Waals surface area contributed by atoms with E-state index in [2.05, 4.69) is 10.1 Å². The zero-order valence-corrected chi connectivity index (χ0v) is 17.2. The van der Waals surface area contributed by atoms with E-state index >= 15 is 0 Å². The lowest BCUT2D eigenvalue weighted by Crippen LogP contribution is -2.38. The number of halogens is 1. The molecule has 1 saturated heterocycles. The highest BCUT2D eigenvalue weighted by molar-refractivity contribution is 7.89. The number of sulfonamides is 1. The molecule has 2 heterocycles. The van der Waals surface area contributed by atoms with Crippen molar-refractivity contribution >= 4 is 38.2 Å². The molecule has 1 aliphatic heterocycles. The number of hydrogen-bond acceptors (Lipinski definition) is 5. The quantitative estimate of drug-likeness (QED) is 0.568. The highest BCUT2D eigenvalue weighted by Gasteiger charge is 2.29. The Morgan fingerprint density at radius 2 is 1.76 bits per heavy atom. The van der Waals surface area contributed by atoms with Gasteiger partial charge < -0.3 is 4.84 Å². The first-order valence-electron chi connectivity index (χ1n) is 9.30. The molecule has 6 nitrogen and oxygen atoms in total. The molecule has 8 heteroatoms. The van der Waals surface area contributed by atoms with Crippen molar-refractivity contribution < 1.29 is 13.3 Å². The summed E-state index contributed by atoms with van der Waals surface area (Å²) in [6.45, 7) is 1.09. The van der Waals surface area contributed by atoms with Gasteiger partial charge in [-0.3, -0.25) is 4.98 Å². The van der Waals surface area contributed by atoms with E-state index in [9.17, 15) is 8.42 Å². The summed E-state index contributed by atoms with van der Waals surface area (Å²) in [7, 11) is -3.62. The Morgan fingerprint density at radius 3 is 2.52 bits per heavy atom. The van der Waals surface area contributed by atoms with Crippen LogP contribution in [0.15, 0.2) is 70.8 Å². The molecular formula is C21H20ClN3O3S. The molecule has 0 bridgehead atoms. The number of rotatable bonds is 5. The van der Waals surface area contributed by atoms with Gasteiger partial charge in [-0.2, -0.15) is 4.31 Å². The van der Waals surface area contributed by atoms with Crippen molar-refractivity contribution in [2.75, 3.05) is 13.1 Å². The van der Waals surface area contributed by atoms with Crippen LogP contribution < -0.4 is 0 Å². The highest BCUT2D eigenvalue weighted by atomic mass is 35.5. The standard InChI is InChI=1S/C21H20ClN3O3S/c22-18-8-6-16(7-9-18)15-28-24-19-10-13-25(14-11-19)29(26,27)20-5-1-3-17-4-2-12-23-21(17)20/h1-9,12H,10-11,13-15H2. The summed E-state index contributed by atoms with van der Waals surface area (Å²) in [5, 5.41) is 5.67. The van der Waals surface area contributed by atoms with Crippen LogP contribution in [0.2, 0.25) is 5.02 Å². The fourth-order valence-corrected chi connectivity index (χ4v) is 5.01. The number of oxime groups is 1. The van der Waals surface area contributed by atoms with E-state index in [0.29, 0.717) is 43.1 Å². The van der Waals surface area contributed by atoms with Crippen molar-refractivity contribution in [1.29, 1.82) is 0 Å². The fourth-order valence-electron chi connectivity index (χ4n) is 3.28. The van der Waals surface area contributed by atoms with Gasteiger partial charge in [-0.15, -0.1) is 0 Å².